The van der Waals surface area contributed by atoms with E-state index in [1.165, 1.54) is 4.31 Å². The molecule has 0 aromatic heterocycles. The summed E-state index contributed by atoms with van der Waals surface area (Å²) in [5, 5.41) is 2.67. The maximum atomic E-state index is 12.5. The number of amides is 1. The van der Waals surface area contributed by atoms with Gasteiger partial charge in [-0.15, -0.1) is 0 Å². The van der Waals surface area contributed by atoms with Gasteiger partial charge in [-0.2, -0.15) is 4.31 Å². The zero-order valence-corrected chi connectivity index (χ0v) is 12.9. The van der Waals surface area contributed by atoms with Crippen molar-refractivity contribution in [3.63, 3.8) is 0 Å². The predicted molar refractivity (Wildman–Crippen MR) is 75.3 cm³/mol. The minimum absolute atomic E-state index is 0.114. The molecule has 0 aliphatic carbocycles. The summed E-state index contributed by atoms with van der Waals surface area (Å²) in [5.41, 5.74) is 0.848. The maximum absolute atomic E-state index is 12.5. The molecule has 0 atom stereocenters. The van der Waals surface area contributed by atoms with Crippen molar-refractivity contribution in [2.75, 3.05) is 19.6 Å². The summed E-state index contributed by atoms with van der Waals surface area (Å²) >= 11 is 3.34. The topological polar surface area (TPSA) is 66.5 Å². The summed E-state index contributed by atoms with van der Waals surface area (Å²) in [5.74, 6) is -0.255. The highest BCUT2D eigenvalue weighted by Gasteiger charge is 2.28. The van der Waals surface area contributed by atoms with Gasteiger partial charge in [0.1, 0.15) is 0 Å². The van der Waals surface area contributed by atoms with E-state index < -0.39 is 10.0 Å². The number of carbonyl (C=O) groups is 1. The molecule has 0 radical (unpaired) electrons. The van der Waals surface area contributed by atoms with E-state index in [1.807, 2.05) is 6.92 Å². The number of hydrogen-bond acceptors (Lipinski definition) is 3. The summed E-state index contributed by atoms with van der Waals surface area (Å²) < 4.78 is 27.1. The van der Waals surface area contributed by atoms with Gasteiger partial charge in [-0.05, 0) is 37.1 Å². The number of nitrogens with one attached hydrogen (secondary N) is 1. The zero-order chi connectivity index (χ0) is 14.0. The number of halogens is 1. The van der Waals surface area contributed by atoms with E-state index in [2.05, 4.69) is 21.2 Å². The van der Waals surface area contributed by atoms with Crippen LogP contribution in [0.2, 0.25) is 0 Å². The highest BCUT2D eigenvalue weighted by molar-refractivity contribution is 9.10. The van der Waals surface area contributed by atoms with Crippen LogP contribution in [0.3, 0.4) is 0 Å². The van der Waals surface area contributed by atoms with Gasteiger partial charge in [-0.3, -0.25) is 4.79 Å². The van der Waals surface area contributed by atoms with Crippen LogP contribution in [0.4, 0.5) is 0 Å². The lowest BCUT2D eigenvalue weighted by molar-refractivity contribution is -0.120. The number of aryl methyl sites for hydroxylation is 1. The molecule has 1 aliphatic heterocycles. The third-order valence-electron chi connectivity index (χ3n) is 2.99. The molecule has 1 heterocycles. The first-order valence-electron chi connectivity index (χ1n) is 5.94. The van der Waals surface area contributed by atoms with Crippen molar-refractivity contribution in [3.05, 3.63) is 28.2 Å². The summed E-state index contributed by atoms with van der Waals surface area (Å²) in [6, 6.07) is 4.87. The van der Waals surface area contributed by atoms with Gasteiger partial charge in [0.15, 0.2) is 0 Å². The van der Waals surface area contributed by atoms with Crippen molar-refractivity contribution in [1.29, 1.82) is 0 Å². The van der Waals surface area contributed by atoms with Crippen LogP contribution >= 0.6 is 15.9 Å². The van der Waals surface area contributed by atoms with Crippen LogP contribution in [0.1, 0.15) is 12.0 Å². The van der Waals surface area contributed by atoms with Gasteiger partial charge in [-0.1, -0.05) is 15.9 Å². The van der Waals surface area contributed by atoms with Crippen molar-refractivity contribution < 1.29 is 13.2 Å². The molecule has 0 spiro atoms. The molecule has 104 valence electrons. The number of nitrogens with zero attached hydrogens (tertiary/aromatic N) is 1. The second-order valence-electron chi connectivity index (χ2n) is 4.45. The molecule has 0 unspecified atom stereocenters. The van der Waals surface area contributed by atoms with Gasteiger partial charge in [0, 0.05) is 17.6 Å². The number of sulfonamides is 1. The van der Waals surface area contributed by atoms with Crippen molar-refractivity contribution in [1.82, 2.24) is 9.62 Å². The minimum atomic E-state index is -3.61. The fourth-order valence-corrected chi connectivity index (χ4v) is 3.68. The molecule has 1 amide bonds. The third-order valence-corrected chi connectivity index (χ3v) is 5.72. The van der Waals surface area contributed by atoms with Gasteiger partial charge in [0.05, 0.1) is 11.4 Å². The van der Waals surface area contributed by atoms with Crippen molar-refractivity contribution in [2.24, 2.45) is 0 Å². The molecule has 19 heavy (non-hydrogen) atoms. The molecule has 0 saturated carbocycles. The number of hydrogen-bond donors (Lipinski definition) is 1. The highest BCUT2D eigenvalue weighted by atomic mass is 79.9. The van der Waals surface area contributed by atoms with E-state index in [0.717, 1.165) is 10.0 Å². The lowest BCUT2D eigenvalue weighted by Crippen LogP contribution is -2.37. The molecule has 1 N–H and O–H groups in total. The van der Waals surface area contributed by atoms with Crippen LogP contribution in [0.15, 0.2) is 27.6 Å². The Morgan fingerprint density at radius 1 is 1.37 bits per heavy atom. The Morgan fingerprint density at radius 2 is 2.11 bits per heavy atom. The molecule has 1 aromatic rings. The van der Waals surface area contributed by atoms with Crippen LogP contribution in [-0.4, -0.2) is 38.3 Å². The average Bonchev–Trinajstić information content (AvgIpc) is 2.57. The van der Waals surface area contributed by atoms with Gasteiger partial charge in [-0.25, -0.2) is 8.42 Å². The van der Waals surface area contributed by atoms with Crippen molar-refractivity contribution >= 4 is 31.9 Å². The Balaban J connectivity index is 2.35. The minimum Gasteiger partial charge on any atom is -0.355 e. The normalized spacial score (nSPS) is 17.9. The van der Waals surface area contributed by atoms with E-state index in [4.69, 9.17) is 0 Å². The summed E-state index contributed by atoms with van der Waals surface area (Å²) in [6.45, 7) is 2.59. The Bertz CT molecular complexity index is 601. The van der Waals surface area contributed by atoms with Crippen molar-refractivity contribution in [3.8, 4) is 0 Å². The van der Waals surface area contributed by atoms with Crippen molar-refractivity contribution in [2.45, 2.75) is 18.2 Å². The molecule has 1 aromatic carbocycles. The fourth-order valence-electron chi connectivity index (χ4n) is 1.91. The molecule has 1 aliphatic rings. The van der Waals surface area contributed by atoms with Gasteiger partial charge >= 0.3 is 0 Å². The number of rotatable bonds is 2. The first-order chi connectivity index (χ1) is 8.91. The van der Waals surface area contributed by atoms with E-state index in [0.29, 0.717) is 19.5 Å². The zero-order valence-electron chi connectivity index (χ0n) is 10.5. The summed E-state index contributed by atoms with van der Waals surface area (Å²) in [6.07, 6.45) is 0.625. The maximum Gasteiger partial charge on any atom is 0.243 e. The van der Waals surface area contributed by atoms with Gasteiger partial charge in [0.25, 0.3) is 0 Å². The monoisotopic (exact) mass is 346 g/mol. The molecule has 1 fully saturated rings. The predicted octanol–water partition coefficient (Wildman–Crippen LogP) is 1.27. The van der Waals surface area contributed by atoms with Gasteiger partial charge in [0.2, 0.25) is 15.9 Å². The van der Waals surface area contributed by atoms with Crippen LogP contribution in [-0.2, 0) is 14.8 Å². The highest BCUT2D eigenvalue weighted by Crippen LogP contribution is 2.23. The lowest BCUT2D eigenvalue weighted by Gasteiger charge is -2.19. The molecular weight excluding hydrogens is 332 g/mol. The fraction of sp³-hybridized carbons (Fsp3) is 0.417. The Kier molecular flexibility index (Phi) is 4.27. The van der Waals surface area contributed by atoms with Crippen LogP contribution in [0.25, 0.3) is 0 Å². The quantitative estimate of drug-likeness (QED) is 0.876. The van der Waals surface area contributed by atoms with Crippen LogP contribution in [0, 0.1) is 6.92 Å². The first kappa shape index (κ1) is 14.5. The second kappa shape index (κ2) is 5.60. The molecule has 2 rings (SSSR count). The largest absolute Gasteiger partial charge is 0.355 e. The molecular formula is C12H15BrN2O3S. The Hall–Kier alpha value is -0.920. The number of benzene rings is 1. The molecule has 1 saturated heterocycles. The second-order valence-corrected chi connectivity index (χ2v) is 7.25. The van der Waals surface area contributed by atoms with Crippen LogP contribution < -0.4 is 5.32 Å². The first-order valence-corrected chi connectivity index (χ1v) is 8.17. The SMILES string of the molecule is Cc1cc(S(=O)(=O)N2CCCNC(=O)C2)ccc1Br. The lowest BCUT2D eigenvalue weighted by atomic mass is 10.2. The molecule has 0 bridgehead atoms. The molecule has 5 nitrogen and oxygen atoms in total. The average molecular weight is 347 g/mol. The third kappa shape index (κ3) is 3.16. The standard InChI is InChI=1S/C12H15BrN2O3S/c1-9-7-10(3-4-11(9)13)19(17,18)15-6-2-5-14-12(16)8-15/h3-4,7H,2,5-6,8H2,1H3,(H,14,16). The smallest absolute Gasteiger partial charge is 0.243 e. The van der Waals surface area contributed by atoms with Crippen LogP contribution in [0.5, 0.6) is 0 Å². The number of carbonyl (C=O) groups excluding carboxylic acids is 1. The van der Waals surface area contributed by atoms with E-state index >= 15 is 0 Å². The molecule has 7 heteroatoms. The van der Waals surface area contributed by atoms with E-state index in [1.54, 1.807) is 18.2 Å². The summed E-state index contributed by atoms with van der Waals surface area (Å²) in [4.78, 5) is 11.7. The Labute approximate surface area is 121 Å². The summed E-state index contributed by atoms with van der Waals surface area (Å²) in [7, 11) is -3.61. The van der Waals surface area contributed by atoms with E-state index in [-0.39, 0.29) is 17.3 Å². The van der Waals surface area contributed by atoms with Gasteiger partial charge < -0.3 is 5.32 Å². The van der Waals surface area contributed by atoms with E-state index in [9.17, 15) is 13.2 Å². The Morgan fingerprint density at radius 3 is 2.79 bits per heavy atom.